The Bertz CT molecular complexity index is 75.7. The molecule has 0 aromatic carbocycles. The molecule has 52 valence electrons. The zero-order valence-electron chi connectivity index (χ0n) is 3.34. The summed E-state index contributed by atoms with van der Waals surface area (Å²) in [5, 5.41) is 0. The molecule has 2 nitrogen and oxygen atoms in total. The van der Waals surface area contributed by atoms with Crippen molar-refractivity contribution in [3.05, 3.63) is 0 Å². The van der Waals surface area contributed by atoms with E-state index in [1.165, 1.54) is 0 Å². The first-order chi connectivity index (χ1) is 3.18. The van der Waals surface area contributed by atoms with Gasteiger partial charge in [-0.3, -0.25) is 0 Å². The summed E-state index contributed by atoms with van der Waals surface area (Å²) in [7, 11) is 0. The number of carbonyl (C=O) groups excluding carboxylic acids is 1. The molecule has 0 aromatic rings. The van der Waals surface area contributed by atoms with Gasteiger partial charge in [0.15, 0.2) is 0 Å². The summed E-state index contributed by atoms with van der Waals surface area (Å²) in [6.07, 6.45) is -3.37. The number of alkyl halides is 2. The standard InChI is InChI=1S/C2HF3O2.Pd/c3-1(4)2(6)7-5;/h1H;. The van der Waals surface area contributed by atoms with E-state index in [-0.39, 0.29) is 20.4 Å². The van der Waals surface area contributed by atoms with Crippen LogP contribution in [-0.2, 0) is 30.2 Å². The van der Waals surface area contributed by atoms with Gasteiger partial charge in [0.25, 0.3) is 0 Å². The molecule has 0 amide bonds. The Morgan fingerprint density at radius 1 is 1.50 bits per heavy atom. The Kier molecular flexibility index (Phi) is 6.86. The first kappa shape index (κ1) is 10.8. The summed E-state index contributed by atoms with van der Waals surface area (Å²) >= 11 is 0. The van der Waals surface area contributed by atoms with Crippen LogP contribution in [0.1, 0.15) is 0 Å². The summed E-state index contributed by atoms with van der Waals surface area (Å²) in [4.78, 5) is 11.3. The quantitative estimate of drug-likeness (QED) is 0.608. The maximum Gasteiger partial charge on any atom is 0.414 e. The second-order valence-corrected chi connectivity index (χ2v) is 0.697. The van der Waals surface area contributed by atoms with Gasteiger partial charge in [0.05, 0.1) is 0 Å². The molecule has 0 saturated carbocycles. The van der Waals surface area contributed by atoms with E-state index >= 15 is 0 Å². The van der Waals surface area contributed by atoms with Crippen LogP contribution in [0.5, 0.6) is 0 Å². The molecule has 0 heterocycles. The van der Waals surface area contributed by atoms with Crippen LogP contribution in [0.25, 0.3) is 0 Å². The van der Waals surface area contributed by atoms with E-state index in [1.54, 1.807) is 0 Å². The number of rotatable bonds is 1. The Morgan fingerprint density at radius 3 is 1.88 bits per heavy atom. The molecule has 0 unspecified atom stereocenters. The first-order valence-corrected chi connectivity index (χ1v) is 1.29. The van der Waals surface area contributed by atoms with Crippen molar-refractivity contribution in [2.45, 2.75) is 6.43 Å². The Morgan fingerprint density at radius 2 is 1.88 bits per heavy atom. The SMILES string of the molecule is O=C(OF)C(F)F.[Pd]. The van der Waals surface area contributed by atoms with Crippen molar-refractivity contribution >= 4 is 5.97 Å². The van der Waals surface area contributed by atoms with Gasteiger partial charge in [-0.2, -0.15) is 8.78 Å². The number of carbonyl (C=O) groups is 1. The molecule has 0 radical (unpaired) electrons. The van der Waals surface area contributed by atoms with Crippen LogP contribution in [0.2, 0.25) is 0 Å². The summed E-state index contributed by atoms with van der Waals surface area (Å²) in [6.45, 7) is 0. The minimum atomic E-state index is -3.37. The molecule has 0 saturated heterocycles. The molecule has 0 N–H and O–H groups in total. The van der Waals surface area contributed by atoms with Crippen LogP contribution in [0.3, 0.4) is 0 Å². The minimum absolute atomic E-state index is 0. The van der Waals surface area contributed by atoms with E-state index < -0.39 is 12.4 Å². The van der Waals surface area contributed by atoms with E-state index in [9.17, 15) is 13.3 Å². The zero-order valence-corrected chi connectivity index (χ0v) is 4.90. The normalized spacial score (nSPS) is 8.00. The Balaban J connectivity index is 0. The van der Waals surface area contributed by atoms with E-state index in [1.807, 2.05) is 0 Å². The monoisotopic (exact) mass is 220 g/mol. The second-order valence-electron chi connectivity index (χ2n) is 0.697. The fraction of sp³-hybridized carbons (Fsp3) is 0.500. The zero-order chi connectivity index (χ0) is 5.86. The Hall–Kier alpha value is -0.0777. The predicted octanol–water partition coefficient (Wildman–Crippen LogP) is 0.677. The summed E-state index contributed by atoms with van der Waals surface area (Å²) in [5.74, 6) is -2.15. The number of hydrogen-bond acceptors (Lipinski definition) is 2. The largest absolute Gasteiger partial charge is 0.414 e. The first-order valence-electron chi connectivity index (χ1n) is 1.29. The van der Waals surface area contributed by atoms with E-state index in [2.05, 4.69) is 4.94 Å². The molecule has 0 aliphatic carbocycles. The topological polar surface area (TPSA) is 26.3 Å². The molecular formula is C2HF3O2Pd. The van der Waals surface area contributed by atoms with Crippen molar-refractivity contribution < 1.29 is 43.5 Å². The van der Waals surface area contributed by atoms with Gasteiger partial charge in [-0.15, -0.1) is 0 Å². The molecule has 0 aliphatic heterocycles. The molecule has 0 spiro atoms. The van der Waals surface area contributed by atoms with Crippen molar-refractivity contribution in [3.8, 4) is 0 Å². The predicted molar refractivity (Wildman–Crippen MR) is 13.2 cm³/mol. The molecule has 0 rings (SSSR count). The van der Waals surface area contributed by atoms with E-state index in [0.717, 1.165) is 0 Å². The molecule has 0 aromatic heterocycles. The van der Waals surface area contributed by atoms with Gasteiger partial charge < -0.3 is 0 Å². The average molecular weight is 220 g/mol. The smallest absolute Gasteiger partial charge is 0.248 e. The Labute approximate surface area is 56.6 Å². The molecule has 0 atom stereocenters. The van der Waals surface area contributed by atoms with Gasteiger partial charge in [-0.25, -0.2) is 9.74 Å². The third-order valence-corrected chi connectivity index (χ3v) is 0.254. The second kappa shape index (κ2) is 5.07. The maximum atomic E-state index is 10.7. The minimum Gasteiger partial charge on any atom is -0.248 e. The van der Waals surface area contributed by atoms with E-state index in [4.69, 9.17) is 4.79 Å². The molecule has 0 bridgehead atoms. The van der Waals surface area contributed by atoms with Crippen LogP contribution >= 0.6 is 0 Å². The summed E-state index contributed by atoms with van der Waals surface area (Å²) in [6, 6.07) is 0. The summed E-state index contributed by atoms with van der Waals surface area (Å²) < 4.78 is 31.7. The molecule has 0 fully saturated rings. The van der Waals surface area contributed by atoms with Gasteiger partial charge in [0.2, 0.25) is 0 Å². The van der Waals surface area contributed by atoms with Crippen LogP contribution < -0.4 is 0 Å². The van der Waals surface area contributed by atoms with Gasteiger partial charge in [-0.1, -0.05) is 0 Å². The van der Waals surface area contributed by atoms with Crippen LogP contribution in [0, 0.1) is 0 Å². The van der Waals surface area contributed by atoms with E-state index in [0.29, 0.717) is 0 Å². The average Bonchev–Trinajstić information content (AvgIpc) is 1.65. The van der Waals surface area contributed by atoms with Crippen LogP contribution in [0.15, 0.2) is 0 Å². The third-order valence-electron chi connectivity index (χ3n) is 0.254. The fourth-order valence-electron chi connectivity index (χ4n) is 0.0337. The van der Waals surface area contributed by atoms with Gasteiger partial charge >= 0.3 is 12.4 Å². The van der Waals surface area contributed by atoms with Gasteiger partial charge in [0, 0.05) is 24.9 Å². The number of halogens is 3. The van der Waals surface area contributed by atoms with Crippen molar-refractivity contribution in [1.29, 1.82) is 0 Å². The third kappa shape index (κ3) is 4.09. The molecule has 0 aliphatic rings. The summed E-state index contributed by atoms with van der Waals surface area (Å²) in [5.41, 5.74) is 0. The van der Waals surface area contributed by atoms with Gasteiger partial charge in [-0.05, 0) is 0 Å². The maximum absolute atomic E-state index is 10.7. The van der Waals surface area contributed by atoms with Crippen molar-refractivity contribution in [2.24, 2.45) is 0 Å². The fourth-order valence-corrected chi connectivity index (χ4v) is 0.0337. The molecule has 8 heavy (non-hydrogen) atoms. The van der Waals surface area contributed by atoms with Crippen LogP contribution in [-0.4, -0.2) is 12.4 Å². The number of hydrogen-bond donors (Lipinski definition) is 0. The van der Waals surface area contributed by atoms with Gasteiger partial charge in [0.1, 0.15) is 0 Å². The van der Waals surface area contributed by atoms with Crippen molar-refractivity contribution in [3.63, 3.8) is 0 Å². The van der Waals surface area contributed by atoms with Crippen molar-refractivity contribution in [1.82, 2.24) is 0 Å². The molecular weight excluding hydrogens is 219 g/mol. The molecule has 6 heteroatoms. The van der Waals surface area contributed by atoms with Crippen LogP contribution in [0.4, 0.5) is 13.3 Å². The van der Waals surface area contributed by atoms with Crippen molar-refractivity contribution in [2.75, 3.05) is 0 Å².